The fraction of sp³-hybridized carbons (Fsp3) is 0.136. The third-order valence-electron chi connectivity index (χ3n) is 4.39. The first-order chi connectivity index (χ1) is 14.3. The highest BCUT2D eigenvalue weighted by Gasteiger charge is 2.21. The number of carboxylic acids is 1. The Balaban J connectivity index is 1.96. The van der Waals surface area contributed by atoms with E-state index in [1.807, 2.05) is 4.90 Å². The Bertz CT molecular complexity index is 1100. The van der Waals surface area contributed by atoms with Crippen molar-refractivity contribution in [3.8, 4) is 10.4 Å². The molecule has 1 N–H and O–H groups in total. The number of hydrogen-bond acceptors (Lipinski definition) is 4. The predicted molar refractivity (Wildman–Crippen MR) is 121 cm³/mol. The lowest BCUT2D eigenvalue weighted by Gasteiger charge is -2.21. The molecule has 2 aromatic carbocycles. The third kappa shape index (κ3) is 4.95. The normalized spacial score (nSPS) is 11.4. The molecule has 4 nitrogen and oxygen atoms in total. The summed E-state index contributed by atoms with van der Waals surface area (Å²) in [5, 5.41) is 10.7. The minimum Gasteiger partial charge on any atom is -0.504 e. The maximum absolute atomic E-state index is 13.2. The quantitative estimate of drug-likeness (QED) is 0.395. The molecule has 3 aromatic rings. The number of carbonyl (C=O) groups is 1. The first kappa shape index (κ1) is 22.2. The van der Waals surface area contributed by atoms with Gasteiger partial charge in [-0.2, -0.15) is 0 Å². The molecule has 0 atom stereocenters. The van der Waals surface area contributed by atoms with Crippen molar-refractivity contribution >= 4 is 51.8 Å². The second kappa shape index (κ2) is 9.51. The molecule has 0 bridgehead atoms. The van der Waals surface area contributed by atoms with Crippen LogP contribution in [0.1, 0.15) is 15.2 Å². The van der Waals surface area contributed by atoms with Crippen molar-refractivity contribution in [2.75, 3.05) is 25.6 Å². The monoisotopic (exact) mass is 465 g/mol. The molecule has 0 spiro atoms. The van der Waals surface area contributed by atoms with Gasteiger partial charge in [-0.25, -0.2) is 9.18 Å². The minimum atomic E-state index is -1.03. The van der Waals surface area contributed by atoms with Crippen LogP contribution in [-0.2, 0) is 4.74 Å². The lowest BCUT2D eigenvalue weighted by atomic mass is 10.1. The smallest absolute Gasteiger partial charge is 0.348 e. The van der Waals surface area contributed by atoms with Crippen LogP contribution in [0.2, 0.25) is 10.0 Å². The zero-order valence-electron chi connectivity index (χ0n) is 16.2. The average Bonchev–Trinajstić information content (AvgIpc) is 3.14. The maximum atomic E-state index is 13.2. The first-order valence-electron chi connectivity index (χ1n) is 8.81. The Morgan fingerprint density at radius 3 is 2.50 bits per heavy atom. The fourth-order valence-electron chi connectivity index (χ4n) is 2.99. The van der Waals surface area contributed by atoms with Gasteiger partial charge in [0.1, 0.15) is 10.7 Å². The molecule has 0 fully saturated rings. The van der Waals surface area contributed by atoms with Crippen LogP contribution in [0, 0.1) is 5.82 Å². The van der Waals surface area contributed by atoms with Gasteiger partial charge in [0.25, 0.3) is 0 Å². The van der Waals surface area contributed by atoms with E-state index in [0.29, 0.717) is 22.3 Å². The van der Waals surface area contributed by atoms with E-state index in [1.54, 1.807) is 49.7 Å². The highest BCUT2D eigenvalue weighted by atomic mass is 35.5. The van der Waals surface area contributed by atoms with Crippen molar-refractivity contribution in [1.29, 1.82) is 0 Å². The number of ether oxygens (including phenoxy) is 1. The SMILES string of the molecule is COC=C(CN(C)c1cc(-c2ccc(F)cc2)sc1C(=O)O)c1ccc(Cl)cc1Cl. The van der Waals surface area contributed by atoms with Gasteiger partial charge in [0.05, 0.1) is 19.1 Å². The largest absolute Gasteiger partial charge is 0.504 e. The summed E-state index contributed by atoms with van der Waals surface area (Å²) in [5.41, 5.74) is 2.78. The Morgan fingerprint density at radius 2 is 1.90 bits per heavy atom. The van der Waals surface area contributed by atoms with Crippen molar-refractivity contribution in [3.63, 3.8) is 0 Å². The molecule has 8 heteroatoms. The number of anilines is 1. The van der Waals surface area contributed by atoms with E-state index in [4.69, 9.17) is 27.9 Å². The van der Waals surface area contributed by atoms with Gasteiger partial charge in [-0.1, -0.05) is 41.4 Å². The van der Waals surface area contributed by atoms with Gasteiger partial charge in [0.15, 0.2) is 0 Å². The third-order valence-corrected chi connectivity index (χ3v) is 6.10. The highest BCUT2D eigenvalue weighted by molar-refractivity contribution is 7.18. The van der Waals surface area contributed by atoms with Crippen molar-refractivity contribution in [1.82, 2.24) is 0 Å². The summed E-state index contributed by atoms with van der Waals surface area (Å²) >= 11 is 13.5. The number of thiophene rings is 1. The maximum Gasteiger partial charge on any atom is 0.348 e. The van der Waals surface area contributed by atoms with Crippen molar-refractivity contribution in [2.24, 2.45) is 0 Å². The molecule has 1 heterocycles. The molecule has 0 saturated carbocycles. The number of nitrogens with zero attached hydrogens (tertiary/aromatic N) is 1. The molecule has 0 radical (unpaired) electrons. The van der Waals surface area contributed by atoms with Gasteiger partial charge in [-0.05, 0) is 35.9 Å². The highest BCUT2D eigenvalue weighted by Crippen LogP contribution is 2.37. The molecular weight excluding hydrogens is 448 g/mol. The predicted octanol–water partition coefficient (Wildman–Crippen LogP) is 6.68. The Kier molecular flexibility index (Phi) is 7.02. The molecule has 0 saturated heterocycles. The fourth-order valence-corrected chi connectivity index (χ4v) is 4.57. The van der Waals surface area contributed by atoms with Crippen LogP contribution in [0.25, 0.3) is 16.0 Å². The number of halogens is 3. The van der Waals surface area contributed by atoms with Crippen molar-refractivity contribution < 1.29 is 19.0 Å². The summed E-state index contributed by atoms with van der Waals surface area (Å²) in [4.78, 5) is 14.6. The summed E-state index contributed by atoms with van der Waals surface area (Å²) < 4.78 is 18.5. The Labute approximate surface area is 187 Å². The number of likely N-dealkylation sites (N-methyl/N-ethyl adjacent to an activating group) is 1. The van der Waals surface area contributed by atoms with Gasteiger partial charge < -0.3 is 14.7 Å². The van der Waals surface area contributed by atoms with E-state index in [2.05, 4.69) is 0 Å². The van der Waals surface area contributed by atoms with E-state index in [9.17, 15) is 14.3 Å². The molecule has 1 aromatic heterocycles. The molecule has 3 rings (SSSR count). The summed E-state index contributed by atoms with van der Waals surface area (Å²) in [6.07, 6.45) is 1.57. The summed E-state index contributed by atoms with van der Waals surface area (Å²) in [7, 11) is 3.32. The number of hydrogen-bond donors (Lipinski definition) is 1. The Hall–Kier alpha value is -2.54. The molecule has 0 aliphatic carbocycles. The number of aromatic carboxylic acids is 1. The zero-order chi connectivity index (χ0) is 21.8. The lowest BCUT2D eigenvalue weighted by Crippen LogP contribution is -2.21. The molecule has 156 valence electrons. The summed E-state index contributed by atoms with van der Waals surface area (Å²) in [6, 6.07) is 12.9. The lowest BCUT2D eigenvalue weighted by molar-refractivity contribution is 0.0703. The van der Waals surface area contributed by atoms with Crippen LogP contribution < -0.4 is 4.90 Å². The molecule has 0 aliphatic rings. The molecule has 30 heavy (non-hydrogen) atoms. The van der Waals surface area contributed by atoms with Crippen LogP contribution in [0.5, 0.6) is 0 Å². The van der Waals surface area contributed by atoms with E-state index in [0.717, 1.165) is 32.9 Å². The van der Waals surface area contributed by atoms with Crippen LogP contribution in [-0.4, -0.2) is 31.8 Å². The van der Waals surface area contributed by atoms with Gasteiger partial charge in [0, 0.05) is 39.7 Å². The standard InChI is InChI=1S/C22H18Cl2FNO3S/c1-26(11-14(12-29-2)17-8-5-15(23)9-18(17)24)19-10-20(30-21(19)22(27)28)13-3-6-16(25)7-4-13/h3-10,12H,11H2,1-2H3,(H,27,28). The number of carboxylic acid groups (broad SMARTS) is 1. The number of methoxy groups -OCH3 is 1. The van der Waals surface area contributed by atoms with Crippen molar-refractivity contribution in [3.05, 3.63) is 81.1 Å². The summed E-state index contributed by atoms with van der Waals surface area (Å²) in [6.45, 7) is 0.342. The second-order valence-electron chi connectivity index (χ2n) is 6.50. The average molecular weight is 466 g/mol. The van der Waals surface area contributed by atoms with E-state index >= 15 is 0 Å². The van der Waals surface area contributed by atoms with Crippen molar-refractivity contribution in [2.45, 2.75) is 0 Å². The van der Waals surface area contributed by atoms with Gasteiger partial charge in [0.2, 0.25) is 0 Å². The van der Waals surface area contributed by atoms with Crippen LogP contribution in [0.4, 0.5) is 10.1 Å². The van der Waals surface area contributed by atoms with E-state index in [-0.39, 0.29) is 10.7 Å². The van der Waals surface area contributed by atoms with E-state index in [1.165, 1.54) is 19.2 Å². The number of rotatable bonds is 7. The molecule has 0 unspecified atom stereocenters. The second-order valence-corrected chi connectivity index (χ2v) is 8.39. The topological polar surface area (TPSA) is 49.8 Å². The number of benzene rings is 2. The Morgan fingerprint density at radius 1 is 1.20 bits per heavy atom. The molecule has 0 amide bonds. The minimum absolute atomic E-state index is 0.191. The van der Waals surface area contributed by atoms with Gasteiger partial charge >= 0.3 is 5.97 Å². The zero-order valence-corrected chi connectivity index (χ0v) is 18.5. The molecule has 0 aliphatic heterocycles. The van der Waals surface area contributed by atoms with Crippen LogP contribution >= 0.6 is 34.5 Å². The first-order valence-corrected chi connectivity index (χ1v) is 10.4. The van der Waals surface area contributed by atoms with Gasteiger partial charge in [-0.15, -0.1) is 11.3 Å². The summed E-state index contributed by atoms with van der Waals surface area (Å²) in [5.74, 6) is -1.38. The van der Waals surface area contributed by atoms with Crippen LogP contribution in [0.3, 0.4) is 0 Å². The van der Waals surface area contributed by atoms with E-state index < -0.39 is 5.97 Å². The molecular formula is C22H18Cl2FNO3S. The van der Waals surface area contributed by atoms with Crippen LogP contribution in [0.15, 0.2) is 54.8 Å². The van der Waals surface area contributed by atoms with Gasteiger partial charge in [-0.3, -0.25) is 0 Å².